The van der Waals surface area contributed by atoms with Gasteiger partial charge in [-0.05, 0) is 37.4 Å². The van der Waals surface area contributed by atoms with Crippen LogP contribution in [0, 0.1) is 5.82 Å². The van der Waals surface area contributed by atoms with Gasteiger partial charge in [0.2, 0.25) is 0 Å². The number of ether oxygens (including phenoxy) is 1. The minimum Gasteiger partial charge on any atom is -0.493 e. The first-order valence-corrected chi connectivity index (χ1v) is 14.8. The molecule has 224 valence electrons. The van der Waals surface area contributed by atoms with Crippen molar-refractivity contribution in [2.45, 2.75) is 6.17 Å². The van der Waals surface area contributed by atoms with Crippen molar-refractivity contribution in [2.75, 3.05) is 73.9 Å². The van der Waals surface area contributed by atoms with Gasteiger partial charge in [0.1, 0.15) is 16.9 Å². The maximum absolute atomic E-state index is 14.1. The van der Waals surface area contributed by atoms with Gasteiger partial charge in [-0.2, -0.15) is 0 Å². The number of amides is 1. The number of piperazine rings is 1. The van der Waals surface area contributed by atoms with Gasteiger partial charge in [-0.1, -0.05) is 29.0 Å². The summed E-state index contributed by atoms with van der Waals surface area (Å²) < 4.78 is 33.5. The van der Waals surface area contributed by atoms with Crippen LogP contribution in [0.4, 0.5) is 36.9 Å². The van der Waals surface area contributed by atoms with Crippen LogP contribution in [0.2, 0.25) is 5.02 Å². The van der Waals surface area contributed by atoms with Gasteiger partial charge in [-0.3, -0.25) is 4.79 Å². The highest BCUT2D eigenvalue weighted by Crippen LogP contribution is 2.37. The van der Waals surface area contributed by atoms with E-state index in [-0.39, 0.29) is 15.6 Å². The molecule has 5 heterocycles. The molecule has 0 radical (unpaired) electrons. The molecule has 0 unspecified atom stereocenters. The van der Waals surface area contributed by atoms with Crippen molar-refractivity contribution in [1.82, 2.24) is 19.9 Å². The molecule has 4 aromatic rings. The van der Waals surface area contributed by atoms with E-state index >= 15 is 0 Å². The fourth-order valence-corrected chi connectivity index (χ4v) is 5.81. The van der Waals surface area contributed by atoms with Gasteiger partial charge in [0.25, 0.3) is 5.91 Å². The maximum Gasteiger partial charge on any atom is 0.267 e. The van der Waals surface area contributed by atoms with Crippen LogP contribution in [0.25, 0.3) is 11.3 Å². The molecule has 0 aliphatic carbocycles. The number of nitrogens with zero attached hydrogens (tertiary/aromatic N) is 6. The highest BCUT2D eigenvalue weighted by atomic mass is 35.5. The number of hydrogen-bond donors (Lipinski definition) is 2. The molecule has 14 heteroatoms. The number of nitrogens with one attached hydrogen (secondary N) is 2. The van der Waals surface area contributed by atoms with E-state index in [1.54, 1.807) is 12.3 Å². The van der Waals surface area contributed by atoms with Crippen LogP contribution in [0.5, 0.6) is 5.75 Å². The molecule has 2 aliphatic heterocycles. The Kier molecular flexibility index (Phi) is 8.28. The normalized spacial score (nSPS) is 15.7. The molecule has 0 atom stereocenters. The zero-order valence-corrected chi connectivity index (χ0v) is 25.1. The topological polar surface area (TPSA) is 98.8 Å². The van der Waals surface area contributed by atoms with Crippen molar-refractivity contribution in [3.05, 3.63) is 64.5 Å². The fraction of sp³-hybridized carbons (Fsp3) is 0.310. The molecule has 0 saturated carbocycles. The van der Waals surface area contributed by atoms with Crippen LogP contribution in [0.1, 0.15) is 9.67 Å². The molecular formula is C29H29ClF2N8O2S. The molecule has 1 aromatic carbocycles. The van der Waals surface area contributed by atoms with Crippen LogP contribution in [0.3, 0.4) is 0 Å². The van der Waals surface area contributed by atoms with Crippen LogP contribution >= 0.6 is 22.9 Å². The van der Waals surface area contributed by atoms with E-state index in [1.807, 2.05) is 17.0 Å². The number of carbonyl (C=O) groups is 1. The number of pyridine rings is 2. The minimum atomic E-state index is -0.854. The number of thiazole rings is 1. The van der Waals surface area contributed by atoms with E-state index in [4.69, 9.17) is 26.3 Å². The highest BCUT2D eigenvalue weighted by Gasteiger charge is 2.31. The molecule has 2 saturated heterocycles. The van der Waals surface area contributed by atoms with Gasteiger partial charge in [0, 0.05) is 37.9 Å². The number of anilines is 5. The number of halogens is 3. The van der Waals surface area contributed by atoms with Crippen LogP contribution < -0.4 is 25.2 Å². The van der Waals surface area contributed by atoms with Gasteiger partial charge < -0.3 is 30.1 Å². The zero-order valence-electron chi connectivity index (χ0n) is 23.5. The quantitative estimate of drug-likeness (QED) is 0.270. The first-order valence-electron chi connectivity index (χ1n) is 13.6. The Balaban J connectivity index is 1.24. The Morgan fingerprint density at radius 1 is 1.09 bits per heavy atom. The summed E-state index contributed by atoms with van der Waals surface area (Å²) in [5.41, 5.74) is 2.18. The number of carbonyl (C=O) groups excluding carboxylic acids is 1. The lowest BCUT2D eigenvalue weighted by Crippen LogP contribution is -2.50. The van der Waals surface area contributed by atoms with Gasteiger partial charge in [0.05, 0.1) is 48.5 Å². The average molecular weight is 627 g/mol. The lowest BCUT2D eigenvalue weighted by Gasteiger charge is -2.40. The smallest absolute Gasteiger partial charge is 0.267 e. The largest absolute Gasteiger partial charge is 0.493 e. The third-order valence-corrected chi connectivity index (χ3v) is 8.58. The Labute approximate surface area is 256 Å². The van der Waals surface area contributed by atoms with Gasteiger partial charge in [-0.25, -0.2) is 23.7 Å². The number of methoxy groups -OCH3 is 1. The predicted molar refractivity (Wildman–Crippen MR) is 166 cm³/mol. The van der Waals surface area contributed by atoms with E-state index in [0.29, 0.717) is 35.5 Å². The fourth-order valence-electron chi connectivity index (χ4n) is 4.89. The van der Waals surface area contributed by atoms with E-state index in [2.05, 4.69) is 32.5 Å². The summed E-state index contributed by atoms with van der Waals surface area (Å²) in [5.74, 6) is 0.513. The number of rotatable bonds is 8. The van der Waals surface area contributed by atoms with E-state index in [0.717, 1.165) is 54.6 Å². The minimum absolute atomic E-state index is 0.0924. The maximum atomic E-state index is 14.1. The predicted octanol–water partition coefficient (Wildman–Crippen LogP) is 5.31. The molecule has 1 amide bonds. The summed E-state index contributed by atoms with van der Waals surface area (Å²) >= 11 is 7.11. The van der Waals surface area contributed by atoms with Crippen molar-refractivity contribution >= 4 is 57.0 Å². The number of alkyl halides is 1. The summed E-state index contributed by atoms with van der Waals surface area (Å²) in [5, 5.41) is 6.10. The summed E-state index contributed by atoms with van der Waals surface area (Å²) in [4.78, 5) is 33.4. The molecule has 2 N–H and O–H groups in total. The number of aromatic nitrogens is 3. The van der Waals surface area contributed by atoms with Crippen molar-refractivity contribution in [3.8, 4) is 17.0 Å². The highest BCUT2D eigenvalue weighted by molar-refractivity contribution is 7.17. The number of likely N-dealkylation sites (N-methyl/N-ethyl adjacent to an activating group) is 1. The van der Waals surface area contributed by atoms with E-state index < -0.39 is 17.9 Å². The Morgan fingerprint density at radius 3 is 2.60 bits per heavy atom. The van der Waals surface area contributed by atoms with Crippen molar-refractivity contribution < 1.29 is 18.3 Å². The second-order valence-electron chi connectivity index (χ2n) is 10.3. The second-order valence-corrected chi connectivity index (χ2v) is 11.7. The molecule has 43 heavy (non-hydrogen) atoms. The number of hydrogen-bond acceptors (Lipinski definition) is 10. The monoisotopic (exact) mass is 626 g/mol. The lowest BCUT2D eigenvalue weighted by atomic mass is 10.1. The number of para-hydroxylation sites is 1. The third kappa shape index (κ3) is 6.19. The second kappa shape index (κ2) is 12.3. The van der Waals surface area contributed by atoms with Crippen LogP contribution in [-0.2, 0) is 0 Å². The molecule has 6 rings (SSSR count). The van der Waals surface area contributed by atoms with Crippen molar-refractivity contribution in [3.63, 3.8) is 0 Å². The Bertz CT molecular complexity index is 1620. The molecular weight excluding hydrogens is 598 g/mol. The molecule has 0 spiro atoms. The summed E-state index contributed by atoms with van der Waals surface area (Å²) in [6.07, 6.45) is 2.31. The van der Waals surface area contributed by atoms with Gasteiger partial charge in [-0.15, -0.1) is 0 Å². The van der Waals surface area contributed by atoms with E-state index in [1.165, 1.54) is 31.5 Å². The van der Waals surface area contributed by atoms with Crippen LogP contribution in [-0.4, -0.2) is 85.4 Å². The average Bonchev–Trinajstić information content (AvgIpc) is 3.46. The molecule has 10 nitrogen and oxygen atoms in total. The molecule has 2 aliphatic rings. The summed E-state index contributed by atoms with van der Waals surface area (Å²) in [6, 6.07) is 9.77. The van der Waals surface area contributed by atoms with E-state index in [9.17, 15) is 13.6 Å². The first-order chi connectivity index (χ1) is 20.8. The van der Waals surface area contributed by atoms with Crippen LogP contribution in [0.15, 0.2) is 48.8 Å². The summed E-state index contributed by atoms with van der Waals surface area (Å²) in [6.45, 7) is 4.22. The standard InChI is InChI=1S/C29H29ClF2N8O2S/c1-38-8-10-39(11-9-38)27-22(40-15-18(31)16-40)12-17(13-33-27)21-6-7-23(42-2)26(35-21)37-29-34-14-24(43-29)28(41)36-25-19(30)4-3-5-20(25)32/h3-7,12-14,18H,8-11,15-16H2,1-2H3,(H,36,41)(H,34,35,37). The zero-order chi connectivity index (χ0) is 30.1. The Morgan fingerprint density at radius 2 is 1.88 bits per heavy atom. The Hall–Kier alpha value is -4.07. The molecule has 2 fully saturated rings. The SMILES string of the molecule is COc1ccc(-c2cnc(N3CCN(C)CC3)c(N3CC(F)C3)c2)nc1Nc1ncc(C(=O)Nc2c(F)cccc2Cl)s1. The van der Waals surface area contributed by atoms with Crippen molar-refractivity contribution in [1.29, 1.82) is 0 Å². The number of benzene rings is 1. The summed E-state index contributed by atoms with van der Waals surface area (Å²) in [7, 11) is 3.63. The van der Waals surface area contributed by atoms with Gasteiger partial charge in [0.15, 0.2) is 22.5 Å². The molecule has 0 bridgehead atoms. The lowest BCUT2D eigenvalue weighted by molar-refractivity contribution is 0.103. The van der Waals surface area contributed by atoms with Gasteiger partial charge >= 0.3 is 0 Å². The molecule has 3 aromatic heterocycles. The first kappa shape index (κ1) is 29.0. The third-order valence-electron chi connectivity index (χ3n) is 7.36. The van der Waals surface area contributed by atoms with Crippen molar-refractivity contribution in [2.24, 2.45) is 0 Å².